The van der Waals surface area contributed by atoms with Gasteiger partial charge >= 0.3 is 5.97 Å². The normalized spacial score (nSPS) is 12.2. The van der Waals surface area contributed by atoms with Crippen LogP contribution >= 0.6 is 0 Å². The first-order valence-electron chi connectivity index (χ1n) is 7.28. The monoisotopic (exact) mass is 295 g/mol. The van der Waals surface area contributed by atoms with Crippen molar-refractivity contribution in [1.29, 1.82) is 0 Å². The summed E-state index contributed by atoms with van der Waals surface area (Å²) >= 11 is 0. The lowest BCUT2D eigenvalue weighted by atomic mass is 10.1. The van der Waals surface area contributed by atoms with E-state index < -0.39 is 5.97 Å². The molecule has 1 amide bonds. The summed E-state index contributed by atoms with van der Waals surface area (Å²) < 4.78 is 1.80. The standard InChI is InChI=1S/C15H25N3O3/c1-6-10(2)18(9-15(20)21)14(19)8-7-13-11(3)16-17(5)12(13)4/h10H,6-9H2,1-5H3,(H,20,21). The number of rotatable bonds is 7. The van der Waals surface area contributed by atoms with Gasteiger partial charge in [0.2, 0.25) is 5.91 Å². The molecule has 0 bridgehead atoms. The number of amides is 1. The summed E-state index contributed by atoms with van der Waals surface area (Å²) in [5.41, 5.74) is 3.05. The van der Waals surface area contributed by atoms with Crippen molar-refractivity contribution >= 4 is 11.9 Å². The SMILES string of the molecule is CCC(C)N(CC(=O)O)C(=O)CCc1c(C)nn(C)c1C. The maximum atomic E-state index is 12.3. The Morgan fingerprint density at radius 2 is 2.00 bits per heavy atom. The van der Waals surface area contributed by atoms with Crippen LogP contribution in [0.25, 0.3) is 0 Å². The predicted molar refractivity (Wildman–Crippen MR) is 80.1 cm³/mol. The summed E-state index contributed by atoms with van der Waals surface area (Å²) in [6.45, 7) is 7.49. The molecule has 1 rings (SSSR count). The Balaban J connectivity index is 2.75. The molecule has 0 saturated heterocycles. The molecule has 0 spiro atoms. The first kappa shape index (κ1) is 17.2. The van der Waals surface area contributed by atoms with E-state index in [1.807, 2.05) is 34.7 Å². The molecule has 0 saturated carbocycles. The number of aryl methyl sites for hydroxylation is 2. The van der Waals surface area contributed by atoms with Gasteiger partial charge in [0.15, 0.2) is 0 Å². The number of hydrogen-bond donors (Lipinski definition) is 1. The van der Waals surface area contributed by atoms with E-state index in [9.17, 15) is 9.59 Å². The quantitative estimate of drug-likeness (QED) is 0.830. The Kier molecular flexibility index (Phi) is 5.93. The number of hydrogen-bond acceptors (Lipinski definition) is 3. The van der Waals surface area contributed by atoms with Crippen LogP contribution in [-0.4, -0.2) is 44.3 Å². The first-order valence-corrected chi connectivity index (χ1v) is 7.28. The maximum Gasteiger partial charge on any atom is 0.323 e. The lowest BCUT2D eigenvalue weighted by Gasteiger charge is -2.27. The van der Waals surface area contributed by atoms with Gasteiger partial charge in [-0.2, -0.15) is 5.10 Å². The topological polar surface area (TPSA) is 75.4 Å². The zero-order valence-corrected chi connectivity index (χ0v) is 13.5. The lowest BCUT2D eigenvalue weighted by molar-refractivity contribution is -0.146. The minimum atomic E-state index is -0.975. The zero-order valence-electron chi connectivity index (χ0n) is 13.5. The minimum Gasteiger partial charge on any atom is -0.480 e. The molecule has 21 heavy (non-hydrogen) atoms. The van der Waals surface area contributed by atoms with Gasteiger partial charge in [0.05, 0.1) is 5.69 Å². The van der Waals surface area contributed by atoms with Crippen LogP contribution in [0.3, 0.4) is 0 Å². The second kappa shape index (κ2) is 7.24. The van der Waals surface area contributed by atoms with Crippen molar-refractivity contribution in [3.63, 3.8) is 0 Å². The second-order valence-corrected chi connectivity index (χ2v) is 5.45. The molecule has 1 unspecified atom stereocenters. The predicted octanol–water partition coefficient (Wildman–Crippen LogP) is 1.68. The molecule has 0 fully saturated rings. The van der Waals surface area contributed by atoms with Gasteiger partial charge in [0, 0.05) is 25.2 Å². The van der Waals surface area contributed by atoms with Crippen LogP contribution in [0, 0.1) is 13.8 Å². The molecule has 0 aliphatic carbocycles. The molecule has 0 aromatic carbocycles. The molecular weight excluding hydrogens is 270 g/mol. The average Bonchev–Trinajstić information content (AvgIpc) is 2.66. The van der Waals surface area contributed by atoms with Crippen molar-refractivity contribution in [2.24, 2.45) is 7.05 Å². The van der Waals surface area contributed by atoms with Crippen LogP contribution in [0.5, 0.6) is 0 Å². The minimum absolute atomic E-state index is 0.0651. The highest BCUT2D eigenvalue weighted by atomic mass is 16.4. The van der Waals surface area contributed by atoms with Crippen molar-refractivity contribution in [1.82, 2.24) is 14.7 Å². The number of aromatic nitrogens is 2. The number of carboxylic acids is 1. The molecule has 1 heterocycles. The Morgan fingerprint density at radius 3 is 2.43 bits per heavy atom. The molecule has 0 aliphatic heterocycles. The van der Waals surface area contributed by atoms with Gasteiger partial charge in [-0.25, -0.2) is 0 Å². The molecule has 6 nitrogen and oxygen atoms in total. The van der Waals surface area contributed by atoms with E-state index >= 15 is 0 Å². The molecular formula is C15H25N3O3. The van der Waals surface area contributed by atoms with E-state index in [1.54, 1.807) is 4.68 Å². The van der Waals surface area contributed by atoms with Crippen LogP contribution < -0.4 is 0 Å². The molecule has 0 radical (unpaired) electrons. The summed E-state index contributed by atoms with van der Waals surface area (Å²) in [5, 5.41) is 13.3. The number of carbonyl (C=O) groups is 2. The Labute approximate surface area is 125 Å². The van der Waals surface area contributed by atoms with Gasteiger partial charge in [-0.05, 0) is 39.2 Å². The molecule has 118 valence electrons. The van der Waals surface area contributed by atoms with Gasteiger partial charge in [0.25, 0.3) is 0 Å². The number of carbonyl (C=O) groups excluding carboxylic acids is 1. The first-order chi connectivity index (χ1) is 9.77. The molecule has 0 aliphatic rings. The van der Waals surface area contributed by atoms with E-state index in [0.29, 0.717) is 12.8 Å². The second-order valence-electron chi connectivity index (χ2n) is 5.45. The van der Waals surface area contributed by atoms with Crippen molar-refractivity contribution < 1.29 is 14.7 Å². The third-order valence-corrected chi connectivity index (χ3v) is 4.00. The Bertz CT molecular complexity index is 522. The smallest absolute Gasteiger partial charge is 0.323 e. The third kappa shape index (κ3) is 4.31. The van der Waals surface area contributed by atoms with Gasteiger partial charge in [-0.1, -0.05) is 6.92 Å². The fraction of sp³-hybridized carbons (Fsp3) is 0.667. The van der Waals surface area contributed by atoms with Gasteiger partial charge in [-0.15, -0.1) is 0 Å². The Hall–Kier alpha value is -1.85. The van der Waals surface area contributed by atoms with Crippen LogP contribution in [0.2, 0.25) is 0 Å². The highest BCUT2D eigenvalue weighted by Gasteiger charge is 2.22. The highest BCUT2D eigenvalue weighted by molar-refractivity contribution is 5.81. The molecule has 1 aromatic rings. The summed E-state index contributed by atoms with van der Waals surface area (Å²) in [5.74, 6) is -1.09. The molecule has 6 heteroatoms. The number of aliphatic carboxylic acids is 1. The van der Waals surface area contributed by atoms with Crippen LogP contribution in [0.4, 0.5) is 0 Å². The van der Waals surface area contributed by atoms with Crippen LogP contribution in [0.1, 0.15) is 43.6 Å². The molecule has 1 atom stereocenters. The fourth-order valence-corrected chi connectivity index (χ4v) is 2.41. The number of nitrogens with zero attached hydrogens (tertiary/aromatic N) is 3. The summed E-state index contributed by atoms with van der Waals surface area (Å²) in [4.78, 5) is 24.7. The maximum absolute atomic E-state index is 12.3. The van der Waals surface area contributed by atoms with E-state index in [-0.39, 0.29) is 18.5 Å². The fourth-order valence-electron chi connectivity index (χ4n) is 2.41. The van der Waals surface area contributed by atoms with E-state index in [4.69, 9.17) is 5.11 Å². The van der Waals surface area contributed by atoms with E-state index in [2.05, 4.69) is 5.10 Å². The summed E-state index contributed by atoms with van der Waals surface area (Å²) in [6.07, 6.45) is 1.64. The number of carboxylic acid groups (broad SMARTS) is 1. The largest absolute Gasteiger partial charge is 0.480 e. The van der Waals surface area contributed by atoms with Gasteiger partial charge < -0.3 is 10.0 Å². The van der Waals surface area contributed by atoms with Crippen molar-refractivity contribution in [3.8, 4) is 0 Å². The highest BCUT2D eigenvalue weighted by Crippen LogP contribution is 2.15. The van der Waals surface area contributed by atoms with Crippen molar-refractivity contribution in [2.45, 2.75) is 53.0 Å². The molecule has 1 N–H and O–H groups in total. The van der Waals surface area contributed by atoms with Crippen molar-refractivity contribution in [3.05, 3.63) is 17.0 Å². The third-order valence-electron chi connectivity index (χ3n) is 4.00. The van der Waals surface area contributed by atoms with E-state index in [1.165, 1.54) is 4.90 Å². The average molecular weight is 295 g/mol. The Morgan fingerprint density at radius 1 is 1.38 bits per heavy atom. The lowest BCUT2D eigenvalue weighted by Crippen LogP contribution is -2.41. The van der Waals surface area contributed by atoms with Crippen LogP contribution in [-0.2, 0) is 23.1 Å². The van der Waals surface area contributed by atoms with E-state index in [0.717, 1.165) is 23.4 Å². The van der Waals surface area contributed by atoms with Crippen molar-refractivity contribution in [2.75, 3.05) is 6.54 Å². The zero-order chi connectivity index (χ0) is 16.2. The summed E-state index contributed by atoms with van der Waals surface area (Å²) in [6, 6.07) is -0.0651. The van der Waals surface area contributed by atoms with Gasteiger partial charge in [0.1, 0.15) is 6.54 Å². The molecule has 1 aromatic heterocycles. The summed E-state index contributed by atoms with van der Waals surface area (Å²) in [7, 11) is 1.88. The van der Waals surface area contributed by atoms with Crippen LogP contribution in [0.15, 0.2) is 0 Å². The van der Waals surface area contributed by atoms with Gasteiger partial charge in [-0.3, -0.25) is 14.3 Å².